The Morgan fingerprint density at radius 2 is 1.64 bits per heavy atom. The largest absolute Gasteiger partial charge is 0.491 e. The Kier molecular flexibility index (Phi) is 9.78. The first kappa shape index (κ1) is 20.1. The Hall–Kier alpha value is -1.23. The van der Waals surface area contributed by atoms with Crippen LogP contribution in [0.2, 0.25) is 0 Å². The van der Waals surface area contributed by atoms with Crippen LogP contribution in [0, 0.1) is 0 Å². The average molecular weight is 363 g/mol. The number of rotatable bonds is 13. The number of hydrogen-bond acceptors (Lipinski definition) is 4. The topological polar surface area (TPSA) is 27.7 Å². The standard InChI is InChI=1S/C21H30O3S/c1-3-4-5-8-17-25-21-12-11-20(18-9-6-7-10-19(18)21)24-16-15-23-14-13-22-2/h6-7,9-12H,3-5,8,13-17H2,1-2H3. The van der Waals surface area contributed by atoms with E-state index in [0.717, 1.165) is 5.75 Å². The van der Waals surface area contributed by atoms with Crippen molar-refractivity contribution in [1.82, 2.24) is 0 Å². The number of hydrogen-bond donors (Lipinski definition) is 0. The highest BCUT2D eigenvalue weighted by atomic mass is 32.2. The summed E-state index contributed by atoms with van der Waals surface area (Å²) in [7, 11) is 1.68. The van der Waals surface area contributed by atoms with Crippen LogP contribution in [-0.4, -0.2) is 39.3 Å². The van der Waals surface area contributed by atoms with Crippen LogP contribution in [0.1, 0.15) is 32.6 Å². The zero-order chi connectivity index (χ0) is 17.7. The lowest BCUT2D eigenvalue weighted by Gasteiger charge is -2.12. The number of ether oxygens (including phenoxy) is 3. The van der Waals surface area contributed by atoms with Gasteiger partial charge in [0.15, 0.2) is 0 Å². The summed E-state index contributed by atoms with van der Waals surface area (Å²) in [6.45, 7) is 4.60. The van der Waals surface area contributed by atoms with E-state index in [9.17, 15) is 0 Å². The molecular weight excluding hydrogens is 332 g/mol. The van der Waals surface area contributed by atoms with Crippen LogP contribution in [0.25, 0.3) is 10.8 Å². The SMILES string of the molecule is CCCCCCSc1ccc(OCCOCCOC)c2ccccc12. The molecule has 0 atom stereocenters. The minimum absolute atomic E-state index is 0.553. The molecule has 2 aromatic carbocycles. The molecule has 0 aromatic heterocycles. The Morgan fingerprint density at radius 3 is 2.44 bits per heavy atom. The maximum atomic E-state index is 5.94. The van der Waals surface area contributed by atoms with Crippen molar-refractivity contribution >= 4 is 22.5 Å². The Morgan fingerprint density at radius 1 is 0.840 bits per heavy atom. The van der Waals surface area contributed by atoms with Gasteiger partial charge in [-0.2, -0.15) is 0 Å². The van der Waals surface area contributed by atoms with Gasteiger partial charge in [-0.15, -0.1) is 11.8 Å². The monoisotopic (exact) mass is 362 g/mol. The lowest BCUT2D eigenvalue weighted by molar-refractivity contribution is 0.0547. The predicted octanol–water partition coefficient (Wildman–Crippen LogP) is 5.55. The summed E-state index contributed by atoms with van der Waals surface area (Å²) >= 11 is 1.95. The van der Waals surface area contributed by atoms with Crippen molar-refractivity contribution in [3.8, 4) is 5.75 Å². The molecule has 2 rings (SSSR count). The third-order valence-corrected chi connectivity index (χ3v) is 5.18. The van der Waals surface area contributed by atoms with Crippen molar-refractivity contribution in [1.29, 1.82) is 0 Å². The summed E-state index contributed by atoms with van der Waals surface area (Å²) in [5.41, 5.74) is 0. The molecule has 3 nitrogen and oxygen atoms in total. The van der Waals surface area contributed by atoms with Crippen molar-refractivity contribution < 1.29 is 14.2 Å². The zero-order valence-electron chi connectivity index (χ0n) is 15.5. The quantitative estimate of drug-likeness (QED) is 0.345. The molecule has 138 valence electrons. The summed E-state index contributed by atoms with van der Waals surface area (Å²) < 4.78 is 16.4. The van der Waals surface area contributed by atoms with Gasteiger partial charge in [0.05, 0.1) is 19.8 Å². The molecule has 0 spiro atoms. The molecule has 0 heterocycles. The minimum atomic E-state index is 0.553. The van der Waals surface area contributed by atoms with Gasteiger partial charge in [-0.1, -0.05) is 50.5 Å². The fourth-order valence-electron chi connectivity index (χ4n) is 2.66. The molecule has 0 unspecified atom stereocenters. The van der Waals surface area contributed by atoms with Crippen LogP contribution in [0.15, 0.2) is 41.3 Å². The molecular formula is C21H30O3S. The molecule has 0 aliphatic heterocycles. The van der Waals surface area contributed by atoms with Crippen LogP contribution in [0.5, 0.6) is 5.75 Å². The summed E-state index contributed by atoms with van der Waals surface area (Å²) in [4.78, 5) is 1.34. The summed E-state index contributed by atoms with van der Waals surface area (Å²) in [5.74, 6) is 2.11. The van der Waals surface area contributed by atoms with Gasteiger partial charge in [0.25, 0.3) is 0 Å². The van der Waals surface area contributed by atoms with Crippen LogP contribution >= 0.6 is 11.8 Å². The molecule has 0 radical (unpaired) electrons. The Balaban J connectivity index is 1.92. The number of fused-ring (bicyclic) bond motifs is 1. The van der Waals surface area contributed by atoms with Crippen molar-refractivity contribution in [2.24, 2.45) is 0 Å². The zero-order valence-corrected chi connectivity index (χ0v) is 16.3. The van der Waals surface area contributed by atoms with Crippen molar-refractivity contribution in [3.05, 3.63) is 36.4 Å². The average Bonchev–Trinajstić information content (AvgIpc) is 2.65. The van der Waals surface area contributed by atoms with Gasteiger partial charge < -0.3 is 14.2 Å². The maximum Gasteiger partial charge on any atom is 0.127 e. The van der Waals surface area contributed by atoms with Crippen LogP contribution in [0.4, 0.5) is 0 Å². The molecule has 4 heteroatoms. The fourth-order valence-corrected chi connectivity index (χ4v) is 3.73. The smallest absolute Gasteiger partial charge is 0.127 e. The van der Waals surface area contributed by atoms with Gasteiger partial charge in [-0.3, -0.25) is 0 Å². The van der Waals surface area contributed by atoms with Gasteiger partial charge in [0.1, 0.15) is 12.4 Å². The highest BCUT2D eigenvalue weighted by Crippen LogP contribution is 2.34. The van der Waals surface area contributed by atoms with Gasteiger partial charge in [-0.25, -0.2) is 0 Å². The minimum Gasteiger partial charge on any atom is -0.491 e. The van der Waals surface area contributed by atoms with Crippen LogP contribution in [0.3, 0.4) is 0 Å². The van der Waals surface area contributed by atoms with Gasteiger partial charge in [0, 0.05) is 17.4 Å². The molecule has 0 aliphatic rings. The van der Waals surface area contributed by atoms with E-state index in [1.54, 1.807) is 7.11 Å². The van der Waals surface area contributed by atoms with Crippen molar-refractivity contribution in [3.63, 3.8) is 0 Å². The molecule has 25 heavy (non-hydrogen) atoms. The second-order valence-electron chi connectivity index (χ2n) is 5.97. The molecule has 0 saturated heterocycles. The summed E-state index contributed by atoms with van der Waals surface area (Å²) in [6, 6.07) is 12.8. The molecule has 0 N–H and O–H groups in total. The third kappa shape index (κ3) is 6.89. The molecule has 0 aliphatic carbocycles. The number of thioether (sulfide) groups is 1. The molecule has 2 aromatic rings. The van der Waals surface area contributed by atoms with Gasteiger partial charge in [0.2, 0.25) is 0 Å². The van der Waals surface area contributed by atoms with Gasteiger partial charge in [-0.05, 0) is 29.7 Å². The number of methoxy groups -OCH3 is 1. The first-order chi connectivity index (χ1) is 12.4. The summed E-state index contributed by atoms with van der Waals surface area (Å²) in [5, 5.41) is 2.46. The van der Waals surface area contributed by atoms with Crippen molar-refractivity contribution in [2.45, 2.75) is 37.5 Å². The second kappa shape index (κ2) is 12.2. The highest BCUT2D eigenvalue weighted by molar-refractivity contribution is 7.99. The normalized spacial score (nSPS) is 11.1. The fraction of sp³-hybridized carbons (Fsp3) is 0.524. The molecule has 0 bridgehead atoms. The third-order valence-electron chi connectivity index (χ3n) is 4.02. The lowest BCUT2D eigenvalue weighted by Crippen LogP contribution is -2.10. The van der Waals surface area contributed by atoms with Gasteiger partial charge >= 0.3 is 0 Å². The number of unbranched alkanes of at least 4 members (excludes halogenated alkanes) is 3. The molecule has 0 saturated carbocycles. The Labute approximate surface area is 156 Å². The van der Waals surface area contributed by atoms with E-state index in [1.807, 2.05) is 11.8 Å². The first-order valence-corrected chi connectivity index (χ1v) is 10.2. The van der Waals surface area contributed by atoms with E-state index < -0.39 is 0 Å². The van der Waals surface area contributed by atoms with Crippen LogP contribution in [-0.2, 0) is 9.47 Å². The van der Waals surface area contributed by atoms with E-state index >= 15 is 0 Å². The van der Waals surface area contributed by atoms with Crippen molar-refractivity contribution in [2.75, 3.05) is 39.3 Å². The Bertz CT molecular complexity index is 615. The van der Waals surface area contributed by atoms with E-state index in [-0.39, 0.29) is 0 Å². The maximum absolute atomic E-state index is 5.94. The lowest BCUT2D eigenvalue weighted by atomic mass is 10.1. The molecule has 0 fully saturated rings. The first-order valence-electron chi connectivity index (χ1n) is 9.21. The van der Waals surface area contributed by atoms with E-state index in [2.05, 4.69) is 43.3 Å². The van der Waals surface area contributed by atoms with E-state index in [4.69, 9.17) is 14.2 Å². The summed E-state index contributed by atoms with van der Waals surface area (Å²) in [6.07, 6.45) is 5.23. The van der Waals surface area contributed by atoms with Crippen LogP contribution < -0.4 is 4.74 Å². The second-order valence-corrected chi connectivity index (χ2v) is 7.11. The predicted molar refractivity (Wildman–Crippen MR) is 107 cm³/mol. The number of benzene rings is 2. The van der Waals surface area contributed by atoms with E-state index in [1.165, 1.54) is 47.1 Å². The molecule has 0 amide bonds. The highest BCUT2D eigenvalue weighted by Gasteiger charge is 2.07. The van der Waals surface area contributed by atoms with E-state index in [0.29, 0.717) is 26.4 Å².